The molecular formula is C13H17BrN4O2S. The number of aromatic nitrogens is 3. The van der Waals surface area contributed by atoms with Crippen LogP contribution in [-0.2, 0) is 10.0 Å². The van der Waals surface area contributed by atoms with Crippen molar-refractivity contribution in [2.24, 2.45) is 0 Å². The molecule has 2 rings (SSSR count). The second kappa shape index (κ2) is 6.15. The average molecular weight is 373 g/mol. The summed E-state index contributed by atoms with van der Waals surface area (Å²) < 4.78 is 29.6. The summed E-state index contributed by atoms with van der Waals surface area (Å²) in [5, 5.41) is -0.00190. The molecule has 1 N–H and O–H groups in total. The molecular weight excluding hydrogens is 356 g/mol. The van der Waals surface area contributed by atoms with Gasteiger partial charge in [0.15, 0.2) is 5.03 Å². The highest BCUT2D eigenvalue weighted by atomic mass is 79.9. The standard InChI is InChI=1S/C13H17BrN4O2S/c1-4-10(3)18-7-11(16-8-18)21(19,20)17-12-9(2)5-6-15-13(12)14/h5-8,10,17H,4H2,1-3H3/t10-/m1/s1. The first-order valence-corrected chi connectivity index (χ1v) is 8.80. The van der Waals surface area contributed by atoms with E-state index in [0.717, 1.165) is 12.0 Å². The summed E-state index contributed by atoms with van der Waals surface area (Å²) in [6.45, 7) is 5.85. The molecule has 21 heavy (non-hydrogen) atoms. The second-order valence-corrected chi connectivity index (χ2v) is 7.20. The Morgan fingerprint density at radius 1 is 1.43 bits per heavy atom. The topological polar surface area (TPSA) is 76.9 Å². The van der Waals surface area contributed by atoms with E-state index in [1.807, 2.05) is 20.8 Å². The highest BCUT2D eigenvalue weighted by Crippen LogP contribution is 2.26. The van der Waals surface area contributed by atoms with Crippen LogP contribution in [0.1, 0.15) is 31.9 Å². The lowest BCUT2D eigenvalue weighted by molar-refractivity contribution is 0.529. The zero-order valence-corrected chi connectivity index (χ0v) is 14.4. The van der Waals surface area contributed by atoms with Crippen molar-refractivity contribution in [2.45, 2.75) is 38.3 Å². The van der Waals surface area contributed by atoms with Crippen LogP contribution in [0.5, 0.6) is 0 Å². The number of hydrogen-bond donors (Lipinski definition) is 1. The lowest BCUT2D eigenvalue weighted by Crippen LogP contribution is -2.15. The first-order valence-electron chi connectivity index (χ1n) is 6.52. The van der Waals surface area contributed by atoms with Gasteiger partial charge in [-0.05, 0) is 47.8 Å². The Labute approximate surface area is 132 Å². The van der Waals surface area contributed by atoms with Crippen molar-refractivity contribution in [1.29, 1.82) is 0 Å². The molecule has 0 aromatic carbocycles. The second-order valence-electron chi connectivity index (χ2n) is 4.82. The molecule has 0 unspecified atom stereocenters. The van der Waals surface area contributed by atoms with Crippen molar-refractivity contribution in [3.05, 3.63) is 35.0 Å². The van der Waals surface area contributed by atoms with Crippen LogP contribution < -0.4 is 4.72 Å². The minimum absolute atomic E-state index is 0.00190. The molecule has 0 fully saturated rings. The fraction of sp³-hybridized carbons (Fsp3) is 0.385. The van der Waals surface area contributed by atoms with Crippen LogP contribution in [-0.4, -0.2) is 23.0 Å². The van der Waals surface area contributed by atoms with Crippen molar-refractivity contribution in [2.75, 3.05) is 4.72 Å². The van der Waals surface area contributed by atoms with E-state index in [1.165, 1.54) is 12.5 Å². The molecule has 6 nitrogen and oxygen atoms in total. The van der Waals surface area contributed by atoms with E-state index >= 15 is 0 Å². The van der Waals surface area contributed by atoms with Crippen molar-refractivity contribution >= 4 is 31.6 Å². The van der Waals surface area contributed by atoms with Crippen molar-refractivity contribution < 1.29 is 8.42 Å². The van der Waals surface area contributed by atoms with E-state index in [9.17, 15) is 8.42 Å². The first-order chi connectivity index (χ1) is 9.85. The summed E-state index contributed by atoms with van der Waals surface area (Å²) in [5.74, 6) is 0. The van der Waals surface area contributed by atoms with E-state index in [1.54, 1.807) is 16.8 Å². The van der Waals surface area contributed by atoms with Gasteiger partial charge in [-0.25, -0.2) is 9.97 Å². The Hall–Kier alpha value is -1.41. The molecule has 0 bridgehead atoms. The number of pyridine rings is 1. The van der Waals surface area contributed by atoms with Gasteiger partial charge in [-0.3, -0.25) is 4.72 Å². The number of rotatable bonds is 5. The summed E-state index contributed by atoms with van der Waals surface area (Å²) in [5.41, 5.74) is 1.21. The number of imidazole rings is 1. The van der Waals surface area contributed by atoms with Crippen LogP contribution in [0.4, 0.5) is 5.69 Å². The molecule has 0 saturated heterocycles. The predicted octanol–water partition coefficient (Wildman–Crippen LogP) is 3.12. The summed E-state index contributed by atoms with van der Waals surface area (Å²) in [7, 11) is -3.73. The SMILES string of the molecule is CC[C@@H](C)n1cnc(S(=O)(=O)Nc2c(C)ccnc2Br)c1. The predicted molar refractivity (Wildman–Crippen MR) is 84.7 cm³/mol. The van der Waals surface area contributed by atoms with Crippen molar-refractivity contribution in [3.8, 4) is 0 Å². The Balaban J connectivity index is 2.33. The summed E-state index contributed by atoms with van der Waals surface area (Å²) in [6.07, 6.45) is 5.58. The molecule has 0 amide bonds. The van der Waals surface area contributed by atoms with Gasteiger partial charge in [0.1, 0.15) is 4.60 Å². The summed E-state index contributed by atoms with van der Waals surface area (Å²) in [4.78, 5) is 8.02. The van der Waals surface area contributed by atoms with Crippen molar-refractivity contribution in [1.82, 2.24) is 14.5 Å². The third kappa shape index (κ3) is 3.44. The Bertz CT molecular complexity index is 722. The van der Waals surface area contributed by atoms with Crippen LogP contribution in [0.25, 0.3) is 0 Å². The molecule has 1 atom stereocenters. The van der Waals surface area contributed by atoms with Crippen LogP contribution in [0.3, 0.4) is 0 Å². The number of anilines is 1. The Kier molecular flexibility index (Phi) is 4.67. The van der Waals surface area contributed by atoms with Gasteiger partial charge in [-0.2, -0.15) is 8.42 Å². The van der Waals surface area contributed by atoms with Crippen molar-refractivity contribution in [3.63, 3.8) is 0 Å². The minimum atomic E-state index is -3.73. The van der Waals surface area contributed by atoms with Gasteiger partial charge in [0.25, 0.3) is 10.0 Å². The van der Waals surface area contributed by atoms with Gasteiger partial charge in [-0.1, -0.05) is 6.92 Å². The number of hydrogen-bond acceptors (Lipinski definition) is 4. The largest absolute Gasteiger partial charge is 0.333 e. The molecule has 8 heteroatoms. The van der Waals surface area contributed by atoms with E-state index in [0.29, 0.717) is 10.3 Å². The van der Waals surface area contributed by atoms with Gasteiger partial charge < -0.3 is 4.57 Å². The summed E-state index contributed by atoms with van der Waals surface area (Å²) in [6, 6.07) is 1.94. The third-order valence-corrected chi connectivity index (χ3v) is 5.14. The van der Waals surface area contributed by atoms with Crippen LogP contribution in [0, 0.1) is 6.92 Å². The monoisotopic (exact) mass is 372 g/mol. The van der Waals surface area contributed by atoms with E-state index in [-0.39, 0.29) is 11.1 Å². The van der Waals surface area contributed by atoms with E-state index < -0.39 is 10.0 Å². The smallest absolute Gasteiger partial charge is 0.281 e. The lowest BCUT2D eigenvalue weighted by Gasteiger charge is -2.10. The normalized spacial score (nSPS) is 13.1. The molecule has 0 aliphatic heterocycles. The van der Waals surface area contributed by atoms with Gasteiger partial charge in [-0.15, -0.1) is 0 Å². The molecule has 0 aliphatic carbocycles. The highest BCUT2D eigenvalue weighted by molar-refractivity contribution is 9.10. The zero-order chi connectivity index (χ0) is 15.6. The first kappa shape index (κ1) is 16.0. The van der Waals surface area contributed by atoms with Crippen LogP contribution >= 0.6 is 15.9 Å². The fourth-order valence-electron chi connectivity index (χ4n) is 1.74. The number of nitrogens with one attached hydrogen (secondary N) is 1. The molecule has 0 aliphatic rings. The Morgan fingerprint density at radius 2 is 2.14 bits per heavy atom. The molecule has 2 aromatic rings. The van der Waals surface area contributed by atoms with Crippen LogP contribution in [0.15, 0.2) is 34.4 Å². The summed E-state index contributed by atoms with van der Waals surface area (Å²) >= 11 is 3.25. The maximum Gasteiger partial charge on any atom is 0.281 e. The molecule has 0 radical (unpaired) electrons. The number of halogens is 1. The maximum atomic E-state index is 12.4. The minimum Gasteiger partial charge on any atom is -0.333 e. The third-order valence-electron chi connectivity index (χ3n) is 3.30. The fourth-order valence-corrected chi connectivity index (χ4v) is 3.48. The van der Waals surface area contributed by atoms with Gasteiger partial charge in [0, 0.05) is 18.4 Å². The molecule has 0 spiro atoms. The number of aryl methyl sites for hydroxylation is 1. The lowest BCUT2D eigenvalue weighted by atomic mass is 10.3. The molecule has 2 heterocycles. The van der Waals surface area contributed by atoms with Crippen LogP contribution in [0.2, 0.25) is 0 Å². The maximum absolute atomic E-state index is 12.4. The Morgan fingerprint density at radius 3 is 2.76 bits per heavy atom. The number of sulfonamides is 1. The molecule has 114 valence electrons. The molecule has 2 aromatic heterocycles. The van der Waals surface area contributed by atoms with Gasteiger partial charge in [0.05, 0.1) is 12.0 Å². The zero-order valence-electron chi connectivity index (χ0n) is 12.0. The van der Waals surface area contributed by atoms with Gasteiger partial charge in [0.2, 0.25) is 0 Å². The quantitative estimate of drug-likeness (QED) is 0.817. The molecule has 0 saturated carbocycles. The van der Waals surface area contributed by atoms with Gasteiger partial charge >= 0.3 is 0 Å². The van der Waals surface area contributed by atoms with E-state index in [2.05, 4.69) is 30.6 Å². The van der Waals surface area contributed by atoms with E-state index in [4.69, 9.17) is 0 Å². The average Bonchev–Trinajstić information content (AvgIpc) is 2.93. The highest BCUT2D eigenvalue weighted by Gasteiger charge is 2.20. The number of nitrogens with zero attached hydrogens (tertiary/aromatic N) is 3.